The number of ether oxygens (including phenoxy) is 1. The van der Waals surface area contributed by atoms with E-state index in [1.54, 1.807) is 7.11 Å². The molecule has 1 unspecified atom stereocenters. The second-order valence-corrected chi connectivity index (χ2v) is 4.64. The minimum Gasteiger partial charge on any atom is -0.497 e. The molecule has 3 heteroatoms. The van der Waals surface area contributed by atoms with Gasteiger partial charge in [0.15, 0.2) is 0 Å². The highest BCUT2D eigenvalue weighted by Gasteiger charge is 2.03. The number of halogens is 1. The Morgan fingerprint density at radius 2 is 2.19 bits per heavy atom. The maximum Gasteiger partial charge on any atom is 0.119 e. The van der Waals surface area contributed by atoms with Gasteiger partial charge >= 0.3 is 0 Å². The summed E-state index contributed by atoms with van der Waals surface area (Å²) in [4.78, 5) is 0. The first-order chi connectivity index (χ1) is 7.58. The molecule has 1 N–H and O–H groups in total. The normalized spacial score (nSPS) is 13.7. The van der Waals surface area contributed by atoms with E-state index < -0.39 is 0 Å². The van der Waals surface area contributed by atoms with E-state index >= 15 is 0 Å². The molecule has 0 bridgehead atoms. The fourth-order valence-electron chi connectivity index (χ4n) is 1.36. The third-order valence-electron chi connectivity index (χ3n) is 2.70. The highest BCUT2D eigenvalue weighted by molar-refractivity contribution is 9.10. The number of hydrogen-bond donors (Lipinski definition) is 1. The van der Waals surface area contributed by atoms with Gasteiger partial charge in [-0.1, -0.05) is 27.6 Å². The largest absolute Gasteiger partial charge is 0.497 e. The molecule has 2 nitrogen and oxygen atoms in total. The van der Waals surface area contributed by atoms with E-state index in [0.29, 0.717) is 6.04 Å². The van der Waals surface area contributed by atoms with Crippen molar-refractivity contribution < 1.29 is 4.74 Å². The standard InChI is InChI=1S/C13H18BrNO/c1-9(10(2)15-3)7-11-8-12(16-4)5-6-13(11)14/h5-8,10,15H,1-4H3/b9-7+. The van der Waals surface area contributed by atoms with E-state index in [2.05, 4.69) is 41.2 Å². The van der Waals surface area contributed by atoms with E-state index in [1.807, 2.05) is 25.2 Å². The Bertz CT molecular complexity index is 388. The van der Waals surface area contributed by atoms with Crippen molar-refractivity contribution in [1.82, 2.24) is 5.32 Å². The molecule has 1 aromatic rings. The average molecular weight is 284 g/mol. The van der Waals surface area contributed by atoms with Crippen LogP contribution in [-0.4, -0.2) is 20.2 Å². The van der Waals surface area contributed by atoms with E-state index in [9.17, 15) is 0 Å². The number of benzene rings is 1. The average Bonchev–Trinajstić information content (AvgIpc) is 2.30. The van der Waals surface area contributed by atoms with Crippen LogP contribution in [0, 0.1) is 0 Å². The summed E-state index contributed by atoms with van der Waals surface area (Å²) >= 11 is 3.54. The van der Waals surface area contributed by atoms with Gasteiger partial charge in [-0.2, -0.15) is 0 Å². The van der Waals surface area contributed by atoms with Gasteiger partial charge < -0.3 is 10.1 Å². The molecule has 0 saturated heterocycles. The third kappa shape index (κ3) is 3.35. The van der Waals surface area contributed by atoms with E-state index in [-0.39, 0.29) is 0 Å². The summed E-state index contributed by atoms with van der Waals surface area (Å²) in [6.07, 6.45) is 2.16. The molecule has 0 amide bonds. The monoisotopic (exact) mass is 283 g/mol. The summed E-state index contributed by atoms with van der Waals surface area (Å²) < 4.78 is 6.29. The Morgan fingerprint density at radius 1 is 1.50 bits per heavy atom. The fraction of sp³-hybridized carbons (Fsp3) is 0.385. The quantitative estimate of drug-likeness (QED) is 0.914. The maximum absolute atomic E-state index is 5.21. The fourth-order valence-corrected chi connectivity index (χ4v) is 1.72. The van der Waals surface area contributed by atoms with Crippen molar-refractivity contribution >= 4 is 22.0 Å². The first-order valence-electron chi connectivity index (χ1n) is 5.27. The number of methoxy groups -OCH3 is 1. The summed E-state index contributed by atoms with van der Waals surface area (Å²) in [5.74, 6) is 0.874. The van der Waals surface area contributed by atoms with Crippen molar-refractivity contribution in [3.05, 3.63) is 33.8 Å². The van der Waals surface area contributed by atoms with E-state index in [1.165, 1.54) is 5.57 Å². The van der Waals surface area contributed by atoms with Crippen LogP contribution < -0.4 is 10.1 Å². The zero-order chi connectivity index (χ0) is 12.1. The van der Waals surface area contributed by atoms with Gasteiger partial charge in [-0.25, -0.2) is 0 Å². The van der Waals surface area contributed by atoms with Gasteiger partial charge in [0.25, 0.3) is 0 Å². The van der Waals surface area contributed by atoms with Crippen molar-refractivity contribution in [3.8, 4) is 5.75 Å². The minimum atomic E-state index is 0.373. The molecule has 1 atom stereocenters. The predicted molar refractivity (Wildman–Crippen MR) is 72.9 cm³/mol. The van der Waals surface area contributed by atoms with Crippen molar-refractivity contribution in [3.63, 3.8) is 0 Å². The minimum absolute atomic E-state index is 0.373. The lowest BCUT2D eigenvalue weighted by Crippen LogP contribution is -2.21. The lowest BCUT2D eigenvalue weighted by molar-refractivity contribution is 0.414. The van der Waals surface area contributed by atoms with Crippen molar-refractivity contribution in [1.29, 1.82) is 0 Å². The summed E-state index contributed by atoms with van der Waals surface area (Å²) in [6.45, 7) is 4.26. The molecular formula is C13H18BrNO. The molecule has 0 aromatic heterocycles. The lowest BCUT2D eigenvalue weighted by Gasteiger charge is -2.11. The molecule has 0 saturated carbocycles. The molecule has 1 rings (SSSR count). The highest BCUT2D eigenvalue weighted by Crippen LogP contribution is 2.25. The van der Waals surface area contributed by atoms with Crippen molar-refractivity contribution in [2.75, 3.05) is 14.2 Å². The van der Waals surface area contributed by atoms with Gasteiger partial charge in [0.05, 0.1) is 7.11 Å². The van der Waals surface area contributed by atoms with Crippen LogP contribution in [0.1, 0.15) is 19.4 Å². The number of rotatable bonds is 4. The molecule has 0 aliphatic carbocycles. The van der Waals surface area contributed by atoms with Crippen LogP contribution in [0.25, 0.3) is 6.08 Å². The summed E-state index contributed by atoms with van der Waals surface area (Å²) in [7, 11) is 3.64. The van der Waals surface area contributed by atoms with Crippen LogP contribution in [0.2, 0.25) is 0 Å². The van der Waals surface area contributed by atoms with Gasteiger partial charge in [-0.15, -0.1) is 0 Å². The second-order valence-electron chi connectivity index (χ2n) is 3.79. The van der Waals surface area contributed by atoms with Crippen LogP contribution in [0.5, 0.6) is 5.75 Å². The topological polar surface area (TPSA) is 21.3 Å². The van der Waals surface area contributed by atoms with Crippen LogP contribution in [0.15, 0.2) is 28.2 Å². The van der Waals surface area contributed by atoms with Gasteiger partial charge in [-0.05, 0) is 44.7 Å². The summed E-state index contributed by atoms with van der Waals surface area (Å²) in [5.41, 5.74) is 2.43. The number of hydrogen-bond acceptors (Lipinski definition) is 2. The Kier molecular flexibility index (Phi) is 5.03. The molecular weight excluding hydrogens is 266 g/mol. The Labute approximate surface area is 106 Å². The molecule has 0 aliphatic heterocycles. The molecule has 0 aliphatic rings. The zero-order valence-corrected chi connectivity index (χ0v) is 11.8. The van der Waals surface area contributed by atoms with Crippen LogP contribution in [0.3, 0.4) is 0 Å². The smallest absolute Gasteiger partial charge is 0.119 e. The molecule has 88 valence electrons. The molecule has 0 spiro atoms. The highest BCUT2D eigenvalue weighted by atomic mass is 79.9. The van der Waals surface area contributed by atoms with E-state index in [0.717, 1.165) is 15.8 Å². The first kappa shape index (κ1) is 13.3. The molecule has 0 fully saturated rings. The SMILES string of the molecule is CNC(C)/C(C)=C/c1cc(OC)ccc1Br. The molecule has 16 heavy (non-hydrogen) atoms. The van der Waals surface area contributed by atoms with Gasteiger partial charge in [0, 0.05) is 10.5 Å². The summed E-state index contributed by atoms with van der Waals surface area (Å²) in [5, 5.41) is 3.22. The summed E-state index contributed by atoms with van der Waals surface area (Å²) in [6, 6.07) is 6.34. The Balaban J connectivity index is 3.03. The van der Waals surface area contributed by atoms with Crippen LogP contribution in [0.4, 0.5) is 0 Å². The number of likely N-dealkylation sites (N-methyl/N-ethyl adjacent to an activating group) is 1. The first-order valence-corrected chi connectivity index (χ1v) is 6.06. The van der Waals surface area contributed by atoms with E-state index in [4.69, 9.17) is 4.74 Å². The third-order valence-corrected chi connectivity index (χ3v) is 3.42. The maximum atomic E-state index is 5.21. The molecule has 1 aromatic carbocycles. The van der Waals surface area contributed by atoms with Gasteiger partial charge in [0.1, 0.15) is 5.75 Å². The van der Waals surface area contributed by atoms with Crippen LogP contribution in [-0.2, 0) is 0 Å². The number of nitrogens with one attached hydrogen (secondary N) is 1. The predicted octanol–water partition coefficient (Wildman–Crippen LogP) is 3.47. The van der Waals surface area contributed by atoms with Crippen molar-refractivity contribution in [2.24, 2.45) is 0 Å². The van der Waals surface area contributed by atoms with Gasteiger partial charge in [0.2, 0.25) is 0 Å². The van der Waals surface area contributed by atoms with Crippen LogP contribution >= 0.6 is 15.9 Å². The molecule has 0 heterocycles. The zero-order valence-electron chi connectivity index (χ0n) is 10.2. The molecule has 0 radical (unpaired) electrons. The Morgan fingerprint density at radius 3 is 2.75 bits per heavy atom. The van der Waals surface area contributed by atoms with Gasteiger partial charge in [-0.3, -0.25) is 0 Å². The van der Waals surface area contributed by atoms with Crippen molar-refractivity contribution in [2.45, 2.75) is 19.9 Å². The lowest BCUT2D eigenvalue weighted by atomic mass is 10.1. The second kappa shape index (κ2) is 6.06. The Hall–Kier alpha value is -0.800.